The van der Waals surface area contributed by atoms with E-state index in [1.54, 1.807) is 6.07 Å². The van der Waals surface area contributed by atoms with Gasteiger partial charge in [-0.1, -0.05) is 0 Å². The van der Waals surface area contributed by atoms with Crippen molar-refractivity contribution in [2.75, 3.05) is 31.8 Å². The molecular formula is C19H25N3O8S. The molecule has 0 unspecified atom stereocenters. The lowest BCUT2D eigenvalue weighted by atomic mass is 10.2. The Morgan fingerprint density at radius 1 is 1.10 bits per heavy atom. The van der Waals surface area contributed by atoms with Crippen LogP contribution in [0.3, 0.4) is 0 Å². The molecule has 0 aliphatic heterocycles. The molecule has 0 fully saturated rings. The van der Waals surface area contributed by atoms with Crippen LogP contribution in [0.15, 0.2) is 24.5 Å². The largest absolute Gasteiger partial charge is 0.467 e. The van der Waals surface area contributed by atoms with E-state index in [-0.39, 0.29) is 17.9 Å². The third-order valence-electron chi connectivity index (χ3n) is 3.59. The van der Waals surface area contributed by atoms with Crippen molar-refractivity contribution >= 4 is 41.5 Å². The standard InChI is InChI=1S/C19H25N3O8S/c1-12(23)21-16(11-31-8-7-29-13(2)24)17(25)22-15(19(27)28-3)10-30-18(26)14-5-4-6-20-9-14/h4-6,9,15-16H,7-8,10-11H2,1-3H3,(H,21,23)(H,22,25)/t15-,16-/m0/s1. The smallest absolute Gasteiger partial charge is 0.339 e. The summed E-state index contributed by atoms with van der Waals surface area (Å²) >= 11 is 1.27. The maximum Gasteiger partial charge on any atom is 0.339 e. The van der Waals surface area contributed by atoms with Crippen molar-refractivity contribution in [3.63, 3.8) is 0 Å². The van der Waals surface area contributed by atoms with Crippen molar-refractivity contribution in [3.8, 4) is 0 Å². The monoisotopic (exact) mass is 455 g/mol. The van der Waals surface area contributed by atoms with Crippen molar-refractivity contribution in [1.82, 2.24) is 15.6 Å². The van der Waals surface area contributed by atoms with Crippen LogP contribution in [0.25, 0.3) is 0 Å². The Kier molecular flexibility index (Phi) is 11.7. The van der Waals surface area contributed by atoms with Gasteiger partial charge in [-0.25, -0.2) is 9.59 Å². The summed E-state index contributed by atoms with van der Waals surface area (Å²) in [6.45, 7) is 2.21. The molecule has 0 radical (unpaired) electrons. The van der Waals surface area contributed by atoms with Crippen molar-refractivity contribution in [1.29, 1.82) is 0 Å². The van der Waals surface area contributed by atoms with E-state index in [1.165, 1.54) is 44.1 Å². The van der Waals surface area contributed by atoms with E-state index >= 15 is 0 Å². The van der Waals surface area contributed by atoms with Gasteiger partial charge in [0.25, 0.3) is 0 Å². The summed E-state index contributed by atoms with van der Waals surface area (Å²) in [6, 6.07) is 0.787. The predicted octanol–water partition coefficient (Wildman–Crippen LogP) is -0.303. The minimum atomic E-state index is -1.28. The molecule has 1 heterocycles. The second-order valence-corrected chi connectivity index (χ2v) is 7.24. The first-order chi connectivity index (χ1) is 14.7. The molecule has 2 atom stereocenters. The van der Waals surface area contributed by atoms with E-state index < -0.39 is 48.4 Å². The zero-order valence-electron chi connectivity index (χ0n) is 17.4. The number of hydrogen-bond acceptors (Lipinski definition) is 10. The van der Waals surface area contributed by atoms with Crippen LogP contribution in [0.2, 0.25) is 0 Å². The second kappa shape index (κ2) is 14.0. The number of amides is 2. The van der Waals surface area contributed by atoms with Crippen LogP contribution in [0.4, 0.5) is 0 Å². The Labute approximate surface area is 183 Å². The first kappa shape index (κ1) is 25.9. The third kappa shape index (κ3) is 10.4. The van der Waals surface area contributed by atoms with Crippen LogP contribution in [0, 0.1) is 0 Å². The topological polar surface area (TPSA) is 150 Å². The Hall–Kier alpha value is -3.15. The zero-order valence-corrected chi connectivity index (χ0v) is 18.2. The molecule has 0 bridgehead atoms. The third-order valence-corrected chi connectivity index (χ3v) is 4.62. The number of hydrogen-bond donors (Lipinski definition) is 2. The fourth-order valence-corrected chi connectivity index (χ4v) is 3.02. The molecule has 0 saturated carbocycles. The Bertz CT molecular complexity index is 775. The summed E-state index contributed by atoms with van der Waals surface area (Å²) < 4.78 is 14.5. The van der Waals surface area contributed by atoms with Gasteiger partial charge in [-0.2, -0.15) is 11.8 Å². The highest BCUT2D eigenvalue weighted by Gasteiger charge is 2.28. The lowest BCUT2D eigenvalue weighted by molar-refractivity contribution is -0.146. The Morgan fingerprint density at radius 2 is 1.84 bits per heavy atom. The van der Waals surface area contributed by atoms with Gasteiger partial charge in [-0.3, -0.25) is 19.4 Å². The van der Waals surface area contributed by atoms with E-state index in [0.717, 1.165) is 7.11 Å². The van der Waals surface area contributed by atoms with Crippen LogP contribution < -0.4 is 10.6 Å². The number of ether oxygens (including phenoxy) is 3. The first-order valence-corrected chi connectivity index (χ1v) is 10.3. The lowest BCUT2D eigenvalue weighted by Gasteiger charge is -2.21. The molecule has 11 nitrogen and oxygen atoms in total. The van der Waals surface area contributed by atoms with Gasteiger partial charge in [0, 0.05) is 37.7 Å². The fourth-order valence-electron chi connectivity index (χ4n) is 2.18. The summed E-state index contributed by atoms with van der Waals surface area (Å²) in [7, 11) is 1.13. The molecule has 1 aromatic heterocycles. The maximum atomic E-state index is 12.6. The van der Waals surface area contributed by atoms with E-state index in [1.807, 2.05) is 0 Å². The molecule has 2 amide bonds. The number of carbonyl (C=O) groups is 5. The number of thioether (sulfide) groups is 1. The van der Waals surface area contributed by atoms with Gasteiger partial charge in [-0.15, -0.1) is 0 Å². The Balaban J connectivity index is 2.69. The highest BCUT2D eigenvalue weighted by atomic mass is 32.2. The second-order valence-electron chi connectivity index (χ2n) is 6.09. The summed E-state index contributed by atoms with van der Waals surface area (Å²) in [5.74, 6) is -2.51. The highest BCUT2D eigenvalue weighted by Crippen LogP contribution is 2.05. The van der Waals surface area contributed by atoms with E-state index in [9.17, 15) is 24.0 Å². The molecule has 12 heteroatoms. The van der Waals surface area contributed by atoms with E-state index in [2.05, 4.69) is 20.4 Å². The van der Waals surface area contributed by atoms with Gasteiger partial charge in [0.15, 0.2) is 6.04 Å². The maximum absolute atomic E-state index is 12.6. The summed E-state index contributed by atoms with van der Waals surface area (Å²) in [5.41, 5.74) is 0.178. The van der Waals surface area contributed by atoms with Gasteiger partial charge >= 0.3 is 17.9 Å². The number of aromatic nitrogens is 1. The Morgan fingerprint density at radius 3 is 2.42 bits per heavy atom. The number of nitrogens with zero attached hydrogens (tertiary/aromatic N) is 1. The predicted molar refractivity (Wildman–Crippen MR) is 110 cm³/mol. The SMILES string of the molecule is COC(=O)[C@H](COC(=O)c1cccnc1)NC(=O)[C@H](CSCCOC(C)=O)NC(C)=O. The molecule has 0 aliphatic rings. The van der Waals surface area contributed by atoms with Crippen LogP contribution >= 0.6 is 11.8 Å². The average Bonchev–Trinajstić information content (AvgIpc) is 2.74. The van der Waals surface area contributed by atoms with Gasteiger partial charge < -0.3 is 24.8 Å². The molecule has 0 aromatic carbocycles. The molecular weight excluding hydrogens is 430 g/mol. The zero-order chi connectivity index (χ0) is 23.2. The first-order valence-electron chi connectivity index (χ1n) is 9.18. The molecule has 1 rings (SSSR count). The van der Waals surface area contributed by atoms with Gasteiger partial charge in [0.2, 0.25) is 11.8 Å². The summed E-state index contributed by atoms with van der Waals surface area (Å²) in [6.07, 6.45) is 2.79. The van der Waals surface area contributed by atoms with Crippen LogP contribution in [-0.2, 0) is 33.4 Å². The summed E-state index contributed by atoms with van der Waals surface area (Å²) in [4.78, 5) is 62.7. The highest BCUT2D eigenvalue weighted by molar-refractivity contribution is 7.99. The van der Waals surface area contributed by atoms with Crippen molar-refractivity contribution in [2.45, 2.75) is 25.9 Å². The normalized spacial score (nSPS) is 12.1. The molecule has 170 valence electrons. The number of esters is 3. The van der Waals surface area contributed by atoms with E-state index in [4.69, 9.17) is 9.47 Å². The number of rotatable bonds is 12. The number of nitrogens with one attached hydrogen (secondary N) is 2. The molecule has 0 saturated heterocycles. The van der Waals surface area contributed by atoms with Crippen molar-refractivity contribution in [3.05, 3.63) is 30.1 Å². The van der Waals surface area contributed by atoms with Gasteiger partial charge in [0.05, 0.1) is 12.7 Å². The minimum absolute atomic E-state index is 0.156. The average molecular weight is 455 g/mol. The molecule has 1 aromatic rings. The van der Waals surface area contributed by atoms with Crippen LogP contribution in [0.1, 0.15) is 24.2 Å². The number of methoxy groups -OCH3 is 1. The van der Waals surface area contributed by atoms with Crippen molar-refractivity contribution < 1.29 is 38.2 Å². The molecule has 0 aliphatic carbocycles. The minimum Gasteiger partial charge on any atom is -0.467 e. The van der Waals surface area contributed by atoms with Crippen LogP contribution in [0.5, 0.6) is 0 Å². The number of pyridine rings is 1. The summed E-state index contributed by atoms with van der Waals surface area (Å²) in [5, 5.41) is 4.90. The molecule has 0 spiro atoms. The lowest BCUT2D eigenvalue weighted by Crippen LogP contribution is -2.54. The van der Waals surface area contributed by atoms with Crippen molar-refractivity contribution in [2.24, 2.45) is 0 Å². The fraction of sp³-hybridized carbons (Fsp3) is 0.474. The molecule has 2 N–H and O–H groups in total. The molecule has 31 heavy (non-hydrogen) atoms. The van der Waals surface area contributed by atoms with E-state index in [0.29, 0.717) is 5.75 Å². The van der Waals surface area contributed by atoms with Gasteiger partial charge in [0.1, 0.15) is 19.3 Å². The quantitative estimate of drug-likeness (QED) is 0.244. The van der Waals surface area contributed by atoms with Crippen LogP contribution in [-0.4, -0.2) is 78.6 Å². The van der Waals surface area contributed by atoms with Gasteiger partial charge in [-0.05, 0) is 12.1 Å². The number of carbonyl (C=O) groups excluding carboxylic acids is 5.